The van der Waals surface area contributed by atoms with Gasteiger partial charge in [-0.1, -0.05) is 18.2 Å². The van der Waals surface area contributed by atoms with Gasteiger partial charge in [0.2, 0.25) is 0 Å². The number of fused-ring (bicyclic) bond motifs is 1. The van der Waals surface area contributed by atoms with Crippen molar-refractivity contribution in [2.24, 2.45) is 0 Å². The van der Waals surface area contributed by atoms with Crippen LogP contribution >= 0.6 is 0 Å². The Balaban J connectivity index is 1.72. The summed E-state index contributed by atoms with van der Waals surface area (Å²) in [6, 6.07) is 14.6. The molecule has 0 spiro atoms. The molecule has 0 radical (unpaired) electrons. The van der Waals surface area contributed by atoms with Crippen LogP contribution in [0.15, 0.2) is 53.4 Å². The van der Waals surface area contributed by atoms with Crippen LogP contribution < -0.4 is 4.74 Å². The molecule has 6 nitrogen and oxygen atoms in total. The first-order valence-electron chi connectivity index (χ1n) is 6.83. The standard InChI is InChI=1S/C16H12N2O4S/c17-11-12-4-3-5-13(10-12)22-9-8-18-16(19)14-6-1-2-7-15(14)23(18,20)21/h1-7,10H,8-9H2. The van der Waals surface area contributed by atoms with E-state index in [0.717, 1.165) is 4.31 Å². The van der Waals surface area contributed by atoms with Gasteiger partial charge in [0.05, 0.1) is 23.7 Å². The van der Waals surface area contributed by atoms with Gasteiger partial charge >= 0.3 is 0 Å². The zero-order chi connectivity index (χ0) is 16.4. The van der Waals surface area contributed by atoms with Crippen molar-refractivity contribution in [1.82, 2.24) is 4.31 Å². The van der Waals surface area contributed by atoms with E-state index in [1.807, 2.05) is 6.07 Å². The van der Waals surface area contributed by atoms with E-state index in [1.165, 1.54) is 12.1 Å². The first-order valence-corrected chi connectivity index (χ1v) is 8.27. The Kier molecular flexibility index (Phi) is 3.76. The first kappa shape index (κ1) is 15.1. The fraction of sp³-hybridized carbons (Fsp3) is 0.125. The van der Waals surface area contributed by atoms with E-state index in [4.69, 9.17) is 10.00 Å². The molecule has 3 rings (SSSR count). The van der Waals surface area contributed by atoms with Gasteiger partial charge in [0.25, 0.3) is 15.9 Å². The van der Waals surface area contributed by atoms with Gasteiger partial charge in [-0.3, -0.25) is 4.79 Å². The fourth-order valence-electron chi connectivity index (χ4n) is 2.35. The van der Waals surface area contributed by atoms with Gasteiger partial charge in [-0.15, -0.1) is 0 Å². The molecular weight excluding hydrogens is 316 g/mol. The number of benzene rings is 2. The summed E-state index contributed by atoms with van der Waals surface area (Å²) >= 11 is 0. The molecule has 1 amide bonds. The molecule has 0 atom stereocenters. The number of amides is 1. The molecule has 0 saturated heterocycles. The lowest BCUT2D eigenvalue weighted by atomic mass is 10.2. The predicted octanol–water partition coefficient (Wildman–Crippen LogP) is 1.78. The van der Waals surface area contributed by atoms with Gasteiger partial charge < -0.3 is 4.74 Å². The molecule has 2 aromatic rings. The molecule has 0 fully saturated rings. The second-order valence-electron chi connectivity index (χ2n) is 4.87. The number of rotatable bonds is 4. The second kappa shape index (κ2) is 5.74. The van der Waals surface area contributed by atoms with E-state index in [1.54, 1.807) is 36.4 Å². The third kappa shape index (κ3) is 2.64. The summed E-state index contributed by atoms with van der Waals surface area (Å²) in [5, 5.41) is 8.83. The van der Waals surface area contributed by atoms with Gasteiger partial charge in [0, 0.05) is 0 Å². The van der Waals surface area contributed by atoms with Gasteiger partial charge in [-0.25, -0.2) is 12.7 Å². The maximum Gasteiger partial charge on any atom is 0.269 e. The first-order chi connectivity index (χ1) is 11.0. The van der Waals surface area contributed by atoms with E-state index >= 15 is 0 Å². The Bertz CT molecular complexity index is 916. The van der Waals surface area contributed by atoms with Crippen LogP contribution in [0.25, 0.3) is 0 Å². The lowest BCUT2D eigenvalue weighted by Crippen LogP contribution is -2.33. The summed E-state index contributed by atoms with van der Waals surface area (Å²) < 4.78 is 30.9. The van der Waals surface area contributed by atoms with Crippen molar-refractivity contribution in [3.05, 3.63) is 59.7 Å². The van der Waals surface area contributed by atoms with Gasteiger partial charge in [0.15, 0.2) is 0 Å². The summed E-state index contributed by atoms with van der Waals surface area (Å²) in [5.74, 6) is -0.0967. The minimum absolute atomic E-state index is 0.00778. The predicted molar refractivity (Wildman–Crippen MR) is 81.3 cm³/mol. The third-order valence-electron chi connectivity index (χ3n) is 3.44. The molecule has 0 bridgehead atoms. The maximum atomic E-state index is 12.3. The van der Waals surface area contributed by atoms with Crippen LogP contribution in [0.3, 0.4) is 0 Å². The molecular formula is C16H12N2O4S. The number of hydrogen-bond donors (Lipinski definition) is 0. The average molecular weight is 328 g/mol. The Morgan fingerprint density at radius 2 is 1.91 bits per heavy atom. The van der Waals surface area contributed by atoms with Crippen molar-refractivity contribution >= 4 is 15.9 Å². The molecule has 0 N–H and O–H groups in total. The van der Waals surface area contributed by atoms with Crippen molar-refractivity contribution in [1.29, 1.82) is 5.26 Å². The van der Waals surface area contributed by atoms with Crippen molar-refractivity contribution in [3.8, 4) is 11.8 Å². The Labute approximate surface area is 133 Å². The molecule has 23 heavy (non-hydrogen) atoms. The number of sulfonamides is 1. The largest absolute Gasteiger partial charge is 0.492 e. The molecule has 0 aliphatic carbocycles. The summed E-state index contributed by atoms with van der Waals surface area (Å²) in [6.07, 6.45) is 0. The number of carbonyl (C=O) groups excluding carboxylic acids is 1. The van der Waals surface area contributed by atoms with E-state index in [-0.39, 0.29) is 23.6 Å². The molecule has 0 aromatic heterocycles. The van der Waals surface area contributed by atoms with E-state index in [9.17, 15) is 13.2 Å². The van der Waals surface area contributed by atoms with Crippen LogP contribution in [0.5, 0.6) is 5.75 Å². The number of ether oxygens (including phenoxy) is 1. The van der Waals surface area contributed by atoms with E-state index in [2.05, 4.69) is 0 Å². The smallest absolute Gasteiger partial charge is 0.269 e. The lowest BCUT2D eigenvalue weighted by molar-refractivity contribution is 0.0857. The Morgan fingerprint density at radius 3 is 2.65 bits per heavy atom. The lowest BCUT2D eigenvalue weighted by Gasteiger charge is -2.15. The molecule has 1 heterocycles. The highest BCUT2D eigenvalue weighted by Crippen LogP contribution is 2.29. The van der Waals surface area contributed by atoms with Crippen molar-refractivity contribution in [2.45, 2.75) is 4.90 Å². The van der Waals surface area contributed by atoms with Crippen LogP contribution in [0.4, 0.5) is 0 Å². The third-order valence-corrected chi connectivity index (χ3v) is 5.28. The molecule has 116 valence electrons. The highest BCUT2D eigenvalue weighted by Gasteiger charge is 2.40. The summed E-state index contributed by atoms with van der Waals surface area (Å²) in [4.78, 5) is 12.2. The zero-order valence-corrected chi connectivity index (χ0v) is 12.8. The molecule has 0 saturated carbocycles. The van der Waals surface area contributed by atoms with Crippen LogP contribution in [0.1, 0.15) is 15.9 Å². The topological polar surface area (TPSA) is 87.5 Å². The highest BCUT2D eigenvalue weighted by molar-refractivity contribution is 7.90. The normalized spacial score (nSPS) is 15.1. The minimum atomic E-state index is -3.81. The fourth-order valence-corrected chi connectivity index (χ4v) is 3.91. The van der Waals surface area contributed by atoms with Crippen LogP contribution in [0, 0.1) is 11.3 Å². The second-order valence-corrected chi connectivity index (χ2v) is 6.70. The highest BCUT2D eigenvalue weighted by atomic mass is 32.2. The molecule has 1 aliphatic rings. The Hall–Kier alpha value is -2.85. The number of nitrogens with zero attached hydrogens (tertiary/aromatic N) is 2. The molecule has 1 aliphatic heterocycles. The monoisotopic (exact) mass is 328 g/mol. The molecule has 0 unspecified atom stereocenters. The van der Waals surface area contributed by atoms with Crippen molar-refractivity contribution < 1.29 is 17.9 Å². The summed E-state index contributed by atoms with van der Waals surface area (Å²) in [7, 11) is -3.81. The zero-order valence-electron chi connectivity index (χ0n) is 12.0. The quantitative estimate of drug-likeness (QED) is 0.854. The van der Waals surface area contributed by atoms with E-state index < -0.39 is 15.9 Å². The van der Waals surface area contributed by atoms with Crippen LogP contribution in [0.2, 0.25) is 0 Å². The average Bonchev–Trinajstić information content (AvgIpc) is 2.76. The molecule has 7 heteroatoms. The van der Waals surface area contributed by atoms with Crippen molar-refractivity contribution in [3.63, 3.8) is 0 Å². The van der Waals surface area contributed by atoms with Crippen LogP contribution in [-0.2, 0) is 10.0 Å². The van der Waals surface area contributed by atoms with Crippen LogP contribution in [-0.4, -0.2) is 31.8 Å². The van der Waals surface area contributed by atoms with Gasteiger partial charge in [0.1, 0.15) is 17.3 Å². The summed E-state index contributed by atoms with van der Waals surface area (Å²) in [6.45, 7) is -0.0829. The minimum Gasteiger partial charge on any atom is -0.492 e. The number of carbonyl (C=O) groups is 1. The SMILES string of the molecule is N#Cc1cccc(OCCN2C(=O)c3ccccc3S2(=O)=O)c1. The molecule has 2 aromatic carbocycles. The number of hydrogen-bond acceptors (Lipinski definition) is 5. The van der Waals surface area contributed by atoms with E-state index in [0.29, 0.717) is 11.3 Å². The Morgan fingerprint density at radius 1 is 1.13 bits per heavy atom. The maximum absolute atomic E-state index is 12.3. The summed E-state index contributed by atoms with van der Waals surface area (Å²) in [5.41, 5.74) is 0.624. The number of nitriles is 1. The van der Waals surface area contributed by atoms with Crippen molar-refractivity contribution in [2.75, 3.05) is 13.2 Å². The van der Waals surface area contributed by atoms with Gasteiger partial charge in [-0.2, -0.15) is 5.26 Å². The van der Waals surface area contributed by atoms with Gasteiger partial charge in [-0.05, 0) is 30.3 Å².